The molecule has 0 spiro atoms. The van der Waals surface area contributed by atoms with E-state index in [0.717, 1.165) is 19.3 Å². The Morgan fingerprint density at radius 1 is 1.50 bits per heavy atom. The van der Waals surface area contributed by atoms with Gasteiger partial charge in [0.05, 0.1) is 11.7 Å². The molecule has 98 valence electrons. The molecule has 2 rings (SSSR count). The molecule has 18 heavy (non-hydrogen) atoms. The van der Waals surface area contributed by atoms with Gasteiger partial charge in [0.1, 0.15) is 5.82 Å². The third kappa shape index (κ3) is 3.29. The number of carbonyl (C=O) groups is 1. The minimum Gasteiger partial charge on any atom is -0.393 e. The van der Waals surface area contributed by atoms with E-state index in [1.54, 1.807) is 0 Å². The quantitative estimate of drug-likeness (QED) is 0.900. The second kappa shape index (κ2) is 5.80. The summed E-state index contributed by atoms with van der Waals surface area (Å²) in [7, 11) is 0. The van der Waals surface area contributed by atoms with Gasteiger partial charge in [-0.15, -0.1) is 0 Å². The average molecular weight is 316 g/mol. The standard InChI is InChI=1S/C13H15BrFNO2/c14-12-4-2-9(15)6-11(12)13(18)16-7-8-1-3-10(17)5-8/h2,4,6,8,10,17H,1,3,5,7H2,(H,16,18). The molecule has 1 fully saturated rings. The monoisotopic (exact) mass is 315 g/mol. The van der Waals surface area contributed by atoms with Gasteiger partial charge in [0.15, 0.2) is 0 Å². The van der Waals surface area contributed by atoms with E-state index in [9.17, 15) is 14.3 Å². The molecule has 0 aliphatic heterocycles. The van der Waals surface area contributed by atoms with Crippen LogP contribution in [0.5, 0.6) is 0 Å². The molecule has 1 aliphatic rings. The van der Waals surface area contributed by atoms with Crippen LogP contribution in [0.3, 0.4) is 0 Å². The van der Waals surface area contributed by atoms with Crippen LogP contribution in [0, 0.1) is 11.7 Å². The summed E-state index contributed by atoms with van der Waals surface area (Å²) >= 11 is 3.23. The Hall–Kier alpha value is -0.940. The van der Waals surface area contributed by atoms with E-state index >= 15 is 0 Å². The molecule has 1 aromatic carbocycles. The summed E-state index contributed by atoms with van der Waals surface area (Å²) < 4.78 is 13.6. The van der Waals surface area contributed by atoms with Crippen LogP contribution in [0.4, 0.5) is 4.39 Å². The van der Waals surface area contributed by atoms with E-state index in [1.807, 2.05) is 0 Å². The number of benzene rings is 1. The minimum atomic E-state index is -0.431. The first kappa shape index (κ1) is 13.5. The SMILES string of the molecule is O=C(NCC1CCC(O)C1)c1cc(F)ccc1Br. The van der Waals surface area contributed by atoms with Crippen molar-refractivity contribution in [3.63, 3.8) is 0 Å². The van der Waals surface area contributed by atoms with Crippen molar-refractivity contribution in [2.24, 2.45) is 5.92 Å². The lowest BCUT2D eigenvalue weighted by Crippen LogP contribution is -2.29. The number of rotatable bonds is 3. The smallest absolute Gasteiger partial charge is 0.252 e. The number of amides is 1. The van der Waals surface area contributed by atoms with Crippen molar-refractivity contribution in [3.8, 4) is 0 Å². The fraction of sp³-hybridized carbons (Fsp3) is 0.462. The van der Waals surface area contributed by atoms with Gasteiger partial charge < -0.3 is 10.4 Å². The molecule has 0 saturated heterocycles. The van der Waals surface area contributed by atoms with E-state index < -0.39 is 5.82 Å². The Balaban J connectivity index is 1.93. The predicted octanol–water partition coefficient (Wildman–Crippen LogP) is 2.48. The van der Waals surface area contributed by atoms with E-state index in [2.05, 4.69) is 21.2 Å². The second-order valence-electron chi connectivity index (χ2n) is 4.67. The number of carbonyl (C=O) groups excluding carboxylic acids is 1. The zero-order chi connectivity index (χ0) is 13.1. The van der Waals surface area contributed by atoms with Crippen molar-refractivity contribution in [3.05, 3.63) is 34.1 Å². The number of nitrogens with one attached hydrogen (secondary N) is 1. The second-order valence-corrected chi connectivity index (χ2v) is 5.52. The average Bonchev–Trinajstić information content (AvgIpc) is 2.75. The van der Waals surface area contributed by atoms with Gasteiger partial charge in [0.25, 0.3) is 5.91 Å². The predicted molar refractivity (Wildman–Crippen MR) is 69.8 cm³/mol. The van der Waals surface area contributed by atoms with Crippen LogP contribution in [0.15, 0.2) is 22.7 Å². The number of halogens is 2. The maximum atomic E-state index is 13.1. The first-order valence-electron chi connectivity index (χ1n) is 5.97. The Bertz CT molecular complexity index is 453. The lowest BCUT2D eigenvalue weighted by Gasteiger charge is -2.11. The fourth-order valence-electron chi connectivity index (χ4n) is 2.24. The summed E-state index contributed by atoms with van der Waals surface area (Å²) in [6, 6.07) is 4.03. The van der Waals surface area contributed by atoms with Gasteiger partial charge in [0, 0.05) is 11.0 Å². The molecular formula is C13H15BrFNO2. The third-order valence-corrected chi connectivity index (χ3v) is 3.93. The summed E-state index contributed by atoms with van der Waals surface area (Å²) in [5.41, 5.74) is 0.300. The molecule has 2 atom stereocenters. The van der Waals surface area contributed by atoms with Gasteiger partial charge in [-0.25, -0.2) is 4.39 Å². The number of hydrogen-bond donors (Lipinski definition) is 2. The molecule has 0 radical (unpaired) electrons. The third-order valence-electron chi connectivity index (χ3n) is 3.24. The molecule has 2 unspecified atom stereocenters. The van der Waals surface area contributed by atoms with Crippen LogP contribution >= 0.6 is 15.9 Å². The number of aliphatic hydroxyl groups is 1. The van der Waals surface area contributed by atoms with Crippen LogP contribution in [-0.4, -0.2) is 23.7 Å². The van der Waals surface area contributed by atoms with Gasteiger partial charge in [0.2, 0.25) is 0 Å². The summed E-state index contributed by atoms with van der Waals surface area (Å²) in [5.74, 6) is -0.404. The zero-order valence-electron chi connectivity index (χ0n) is 9.83. The molecule has 0 heterocycles. The van der Waals surface area contributed by atoms with Crippen LogP contribution < -0.4 is 5.32 Å². The van der Waals surface area contributed by atoms with Crippen LogP contribution in [-0.2, 0) is 0 Å². The number of aliphatic hydroxyl groups excluding tert-OH is 1. The largest absolute Gasteiger partial charge is 0.393 e. The zero-order valence-corrected chi connectivity index (χ0v) is 11.4. The van der Waals surface area contributed by atoms with E-state index in [4.69, 9.17) is 0 Å². The van der Waals surface area contributed by atoms with Crippen molar-refractivity contribution in [2.45, 2.75) is 25.4 Å². The van der Waals surface area contributed by atoms with Crippen LogP contribution in [0.25, 0.3) is 0 Å². The van der Waals surface area contributed by atoms with E-state index in [-0.39, 0.29) is 12.0 Å². The lowest BCUT2D eigenvalue weighted by atomic mass is 10.1. The van der Waals surface area contributed by atoms with Gasteiger partial charge in [-0.2, -0.15) is 0 Å². The molecule has 5 heteroatoms. The molecule has 2 N–H and O–H groups in total. The Labute approximate surface area is 114 Å². The minimum absolute atomic E-state index is 0.243. The van der Waals surface area contributed by atoms with Crippen LogP contribution in [0.1, 0.15) is 29.6 Å². The molecule has 3 nitrogen and oxygen atoms in total. The Kier molecular flexibility index (Phi) is 4.35. The topological polar surface area (TPSA) is 49.3 Å². The van der Waals surface area contributed by atoms with Gasteiger partial charge in [-0.05, 0) is 59.3 Å². The summed E-state index contributed by atoms with van der Waals surface area (Å²) in [5, 5.41) is 12.2. The first-order valence-corrected chi connectivity index (χ1v) is 6.77. The van der Waals surface area contributed by atoms with Crippen molar-refractivity contribution in [1.82, 2.24) is 5.32 Å². The van der Waals surface area contributed by atoms with Crippen LogP contribution in [0.2, 0.25) is 0 Å². The van der Waals surface area contributed by atoms with Crippen molar-refractivity contribution >= 4 is 21.8 Å². The Morgan fingerprint density at radius 2 is 2.28 bits per heavy atom. The molecule has 1 aliphatic carbocycles. The highest BCUT2D eigenvalue weighted by Gasteiger charge is 2.23. The Morgan fingerprint density at radius 3 is 2.94 bits per heavy atom. The summed E-state index contributed by atoms with van der Waals surface area (Å²) in [6.07, 6.45) is 2.20. The lowest BCUT2D eigenvalue weighted by molar-refractivity contribution is 0.0944. The summed E-state index contributed by atoms with van der Waals surface area (Å²) in [4.78, 5) is 11.9. The molecule has 1 amide bonds. The highest BCUT2D eigenvalue weighted by molar-refractivity contribution is 9.10. The van der Waals surface area contributed by atoms with E-state index in [1.165, 1.54) is 18.2 Å². The highest BCUT2D eigenvalue weighted by atomic mass is 79.9. The van der Waals surface area contributed by atoms with E-state index in [0.29, 0.717) is 22.5 Å². The van der Waals surface area contributed by atoms with Gasteiger partial charge in [-0.1, -0.05) is 0 Å². The van der Waals surface area contributed by atoms with Crippen molar-refractivity contribution in [2.75, 3.05) is 6.54 Å². The normalized spacial score (nSPS) is 23.1. The first-order chi connectivity index (χ1) is 8.56. The molecule has 0 bridgehead atoms. The van der Waals surface area contributed by atoms with Crippen molar-refractivity contribution < 1.29 is 14.3 Å². The molecule has 0 aromatic heterocycles. The molecule has 1 aromatic rings. The highest BCUT2D eigenvalue weighted by Crippen LogP contribution is 2.25. The fourth-order valence-corrected chi connectivity index (χ4v) is 2.66. The molecular weight excluding hydrogens is 301 g/mol. The van der Waals surface area contributed by atoms with Gasteiger partial charge in [-0.3, -0.25) is 4.79 Å². The van der Waals surface area contributed by atoms with Crippen molar-refractivity contribution in [1.29, 1.82) is 0 Å². The maximum Gasteiger partial charge on any atom is 0.252 e. The van der Waals surface area contributed by atoms with Gasteiger partial charge >= 0.3 is 0 Å². The summed E-state index contributed by atoms with van der Waals surface area (Å²) in [6.45, 7) is 0.527. The number of hydrogen-bond acceptors (Lipinski definition) is 2. The molecule has 1 saturated carbocycles. The maximum absolute atomic E-state index is 13.1.